The van der Waals surface area contributed by atoms with Gasteiger partial charge in [0.25, 0.3) is 5.88 Å². The van der Waals surface area contributed by atoms with Gasteiger partial charge in [-0.3, -0.25) is 0 Å². The van der Waals surface area contributed by atoms with Crippen LogP contribution in [0.5, 0.6) is 5.88 Å². The molecule has 1 saturated heterocycles. The first-order chi connectivity index (χ1) is 9.96. The van der Waals surface area contributed by atoms with Crippen LogP contribution in [0.1, 0.15) is 20.8 Å². The van der Waals surface area contributed by atoms with Gasteiger partial charge in [0.05, 0.1) is 11.7 Å². The predicted octanol–water partition coefficient (Wildman–Crippen LogP) is 0.0755. The highest BCUT2D eigenvalue weighted by Gasteiger charge is 2.20. The smallest absolute Gasteiger partial charge is 0.270 e. The van der Waals surface area contributed by atoms with E-state index in [-0.39, 0.29) is 12.1 Å². The fourth-order valence-electron chi connectivity index (χ4n) is 1.99. The zero-order chi connectivity index (χ0) is 15.3. The molecule has 0 bridgehead atoms. The van der Waals surface area contributed by atoms with Crippen molar-refractivity contribution in [2.24, 2.45) is 0 Å². The fraction of sp³-hybridized carbons (Fsp3) is 0.846. The van der Waals surface area contributed by atoms with E-state index in [0.717, 1.165) is 43.7 Å². The summed E-state index contributed by atoms with van der Waals surface area (Å²) in [6.07, 6.45) is -0.568. The minimum Gasteiger partial charge on any atom is -0.472 e. The average Bonchev–Trinajstić information content (AvgIpc) is 2.91. The number of ether oxygens (including phenoxy) is 1. The SMILES string of the molecule is CC(C)(C)NCC(O)COc1nsnc1N1CCNCC1. The Morgan fingerprint density at radius 1 is 1.38 bits per heavy atom. The Kier molecular flexibility index (Phi) is 5.74. The molecule has 0 aliphatic carbocycles. The maximum Gasteiger partial charge on any atom is 0.270 e. The maximum atomic E-state index is 9.96. The molecule has 0 spiro atoms. The lowest BCUT2D eigenvalue weighted by Gasteiger charge is -2.27. The number of aromatic nitrogens is 2. The van der Waals surface area contributed by atoms with Crippen LogP contribution in [0.2, 0.25) is 0 Å². The molecule has 2 heterocycles. The normalized spacial score (nSPS) is 17.8. The highest BCUT2D eigenvalue weighted by atomic mass is 32.1. The van der Waals surface area contributed by atoms with E-state index < -0.39 is 6.10 Å². The Hall–Kier alpha value is -0.960. The van der Waals surface area contributed by atoms with Gasteiger partial charge in [-0.05, 0) is 20.8 Å². The molecular formula is C13H25N5O2S. The number of rotatable bonds is 6. The van der Waals surface area contributed by atoms with Crippen molar-refractivity contribution < 1.29 is 9.84 Å². The molecule has 8 heteroatoms. The van der Waals surface area contributed by atoms with Gasteiger partial charge in [0.1, 0.15) is 12.7 Å². The summed E-state index contributed by atoms with van der Waals surface area (Å²) in [5.41, 5.74) is -0.0187. The summed E-state index contributed by atoms with van der Waals surface area (Å²) in [6, 6.07) is 0. The monoisotopic (exact) mass is 315 g/mol. The molecule has 1 unspecified atom stereocenters. The second-order valence-corrected chi connectivity index (χ2v) is 6.75. The second-order valence-electron chi connectivity index (χ2n) is 6.23. The van der Waals surface area contributed by atoms with Crippen LogP contribution in [0.4, 0.5) is 5.82 Å². The van der Waals surface area contributed by atoms with Gasteiger partial charge in [-0.2, -0.15) is 4.37 Å². The molecule has 1 aromatic heterocycles. The maximum absolute atomic E-state index is 9.96. The standard InChI is InChI=1S/C13H25N5O2S/c1-13(2,3)15-8-10(19)9-20-12-11(16-21-17-12)18-6-4-14-5-7-18/h10,14-15,19H,4-9H2,1-3H3. The first-order valence-electron chi connectivity index (χ1n) is 7.30. The van der Waals surface area contributed by atoms with Crippen LogP contribution in [0, 0.1) is 0 Å². The number of piperazine rings is 1. The molecule has 2 rings (SSSR count). The Balaban J connectivity index is 1.82. The fourth-order valence-corrected chi connectivity index (χ4v) is 2.51. The number of β-amino-alcohol motifs (C(OH)–C–C–N with tert-alkyl or cyclic N) is 1. The van der Waals surface area contributed by atoms with Crippen LogP contribution in [0.25, 0.3) is 0 Å². The molecule has 120 valence electrons. The van der Waals surface area contributed by atoms with Crippen molar-refractivity contribution in [2.75, 3.05) is 44.2 Å². The molecule has 0 aromatic carbocycles. The zero-order valence-electron chi connectivity index (χ0n) is 12.9. The number of aliphatic hydroxyl groups is 1. The van der Waals surface area contributed by atoms with Gasteiger partial charge in [0, 0.05) is 38.3 Å². The Labute approximate surface area is 130 Å². The number of anilines is 1. The Bertz CT molecular complexity index is 428. The van der Waals surface area contributed by atoms with Crippen LogP contribution in [0.3, 0.4) is 0 Å². The molecule has 0 saturated carbocycles. The lowest BCUT2D eigenvalue weighted by molar-refractivity contribution is 0.0984. The largest absolute Gasteiger partial charge is 0.472 e. The lowest BCUT2D eigenvalue weighted by Crippen LogP contribution is -2.44. The van der Waals surface area contributed by atoms with Gasteiger partial charge in [-0.15, -0.1) is 4.37 Å². The minimum atomic E-state index is -0.568. The minimum absolute atomic E-state index is 0.0187. The molecule has 1 aromatic rings. The molecular weight excluding hydrogens is 290 g/mol. The first-order valence-corrected chi connectivity index (χ1v) is 8.03. The van der Waals surface area contributed by atoms with E-state index in [4.69, 9.17) is 4.74 Å². The third-order valence-corrected chi connectivity index (χ3v) is 3.64. The summed E-state index contributed by atoms with van der Waals surface area (Å²) in [7, 11) is 0. The van der Waals surface area contributed by atoms with Crippen molar-refractivity contribution in [3.8, 4) is 5.88 Å². The van der Waals surface area contributed by atoms with Gasteiger partial charge >= 0.3 is 0 Å². The summed E-state index contributed by atoms with van der Waals surface area (Å²) < 4.78 is 14.1. The van der Waals surface area contributed by atoms with Crippen molar-refractivity contribution in [1.29, 1.82) is 0 Å². The zero-order valence-corrected chi connectivity index (χ0v) is 13.7. The molecule has 3 N–H and O–H groups in total. The predicted molar refractivity (Wildman–Crippen MR) is 84.2 cm³/mol. The number of nitrogens with zero attached hydrogens (tertiary/aromatic N) is 3. The van der Waals surface area contributed by atoms with Crippen molar-refractivity contribution in [3.63, 3.8) is 0 Å². The van der Waals surface area contributed by atoms with Crippen LogP contribution < -0.4 is 20.3 Å². The third-order valence-electron chi connectivity index (χ3n) is 3.14. The average molecular weight is 315 g/mol. The van der Waals surface area contributed by atoms with Gasteiger partial charge in [0.15, 0.2) is 0 Å². The summed E-state index contributed by atoms with van der Waals surface area (Å²) in [5, 5.41) is 16.5. The van der Waals surface area contributed by atoms with Gasteiger partial charge in [0.2, 0.25) is 5.82 Å². The summed E-state index contributed by atoms with van der Waals surface area (Å²) >= 11 is 1.14. The number of hydrogen-bond donors (Lipinski definition) is 3. The molecule has 0 radical (unpaired) electrons. The molecule has 1 aliphatic rings. The number of aliphatic hydroxyl groups excluding tert-OH is 1. The quantitative estimate of drug-likeness (QED) is 0.685. The molecule has 1 fully saturated rings. The van der Waals surface area contributed by atoms with E-state index in [2.05, 4.69) is 45.1 Å². The molecule has 7 nitrogen and oxygen atoms in total. The Morgan fingerprint density at radius 2 is 2.10 bits per heavy atom. The van der Waals surface area contributed by atoms with E-state index in [9.17, 15) is 5.11 Å². The van der Waals surface area contributed by atoms with Crippen molar-refractivity contribution >= 4 is 17.5 Å². The molecule has 1 aliphatic heterocycles. The number of nitrogens with one attached hydrogen (secondary N) is 2. The van der Waals surface area contributed by atoms with Crippen molar-refractivity contribution in [2.45, 2.75) is 32.4 Å². The number of hydrogen-bond acceptors (Lipinski definition) is 8. The molecule has 1 atom stereocenters. The van der Waals surface area contributed by atoms with E-state index in [1.165, 1.54) is 0 Å². The first kappa shape index (κ1) is 16.4. The van der Waals surface area contributed by atoms with E-state index in [1.807, 2.05) is 0 Å². The van der Waals surface area contributed by atoms with Crippen LogP contribution in [0.15, 0.2) is 0 Å². The van der Waals surface area contributed by atoms with Crippen molar-refractivity contribution in [3.05, 3.63) is 0 Å². The van der Waals surface area contributed by atoms with Crippen molar-refractivity contribution in [1.82, 2.24) is 19.4 Å². The highest BCUT2D eigenvalue weighted by Crippen LogP contribution is 2.25. The van der Waals surface area contributed by atoms with Crippen LogP contribution in [-0.4, -0.2) is 64.8 Å². The van der Waals surface area contributed by atoms with Gasteiger partial charge in [-0.25, -0.2) is 0 Å². The highest BCUT2D eigenvalue weighted by molar-refractivity contribution is 6.99. The van der Waals surface area contributed by atoms with Gasteiger partial charge < -0.3 is 25.4 Å². The van der Waals surface area contributed by atoms with Crippen LogP contribution in [-0.2, 0) is 0 Å². The summed E-state index contributed by atoms with van der Waals surface area (Å²) in [6.45, 7) is 10.6. The topological polar surface area (TPSA) is 82.5 Å². The van der Waals surface area contributed by atoms with E-state index >= 15 is 0 Å². The molecule has 0 amide bonds. The Morgan fingerprint density at radius 3 is 2.76 bits per heavy atom. The van der Waals surface area contributed by atoms with Gasteiger partial charge in [-0.1, -0.05) is 0 Å². The van der Waals surface area contributed by atoms with Crippen LogP contribution >= 0.6 is 11.7 Å². The third kappa shape index (κ3) is 5.39. The summed E-state index contributed by atoms with van der Waals surface area (Å²) in [5.74, 6) is 1.31. The van der Waals surface area contributed by atoms with E-state index in [0.29, 0.717) is 12.4 Å². The van der Waals surface area contributed by atoms with E-state index in [1.54, 1.807) is 0 Å². The summed E-state index contributed by atoms with van der Waals surface area (Å²) in [4.78, 5) is 2.16. The lowest BCUT2D eigenvalue weighted by atomic mass is 10.1. The second kappa shape index (κ2) is 7.35. The molecule has 21 heavy (non-hydrogen) atoms.